The van der Waals surface area contributed by atoms with Crippen molar-refractivity contribution in [2.75, 3.05) is 18.0 Å². The molecule has 1 aromatic rings. The lowest BCUT2D eigenvalue weighted by atomic mass is 10.1. The van der Waals surface area contributed by atoms with Gasteiger partial charge < -0.3 is 15.1 Å². The van der Waals surface area contributed by atoms with Gasteiger partial charge in [-0.2, -0.15) is 0 Å². The highest BCUT2D eigenvalue weighted by molar-refractivity contribution is 5.69. The molecule has 0 fully saturated rings. The highest BCUT2D eigenvalue weighted by Gasteiger charge is 2.11. The summed E-state index contributed by atoms with van der Waals surface area (Å²) in [4.78, 5) is 23.1. The first kappa shape index (κ1) is 15.0. The van der Waals surface area contributed by atoms with E-state index in [1.807, 2.05) is 36.9 Å². The van der Waals surface area contributed by atoms with Gasteiger partial charge in [0, 0.05) is 18.8 Å². The quantitative estimate of drug-likeness (QED) is 0.789. The zero-order valence-electron chi connectivity index (χ0n) is 11.2. The van der Waals surface area contributed by atoms with Gasteiger partial charge in [0.25, 0.3) is 0 Å². The van der Waals surface area contributed by atoms with Gasteiger partial charge in [-0.05, 0) is 37.1 Å². The van der Waals surface area contributed by atoms with Gasteiger partial charge in [-0.3, -0.25) is 9.59 Å². The molecule has 1 rings (SSSR count). The topological polar surface area (TPSA) is 77.8 Å². The van der Waals surface area contributed by atoms with Crippen molar-refractivity contribution in [3.8, 4) is 0 Å². The second-order valence-electron chi connectivity index (χ2n) is 4.62. The lowest BCUT2D eigenvalue weighted by Crippen LogP contribution is -2.28. The van der Waals surface area contributed by atoms with Crippen LogP contribution in [0.2, 0.25) is 0 Å². The fourth-order valence-corrected chi connectivity index (χ4v) is 1.96. The summed E-state index contributed by atoms with van der Waals surface area (Å²) in [5, 5.41) is 17.5. The van der Waals surface area contributed by atoms with E-state index in [-0.39, 0.29) is 12.8 Å². The Bertz CT molecular complexity index is 432. The van der Waals surface area contributed by atoms with E-state index in [1.165, 1.54) is 0 Å². The molecule has 0 aliphatic rings. The van der Waals surface area contributed by atoms with Crippen LogP contribution < -0.4 is 4.90 Å². The van der Waals surface area contributed by atoms with Gasteiger partial charge in [0.15, 0.2) is 0 Å². The van der Waals surface area contributed by atoms with Gasteiger partial charge in [-0.1, -0.05) is 6.07 Å². The van der Waals surface area contributed by atoms with E-state index >= 15 is 0 Å². The predicted octanol–water partition coefficient (Wildman–Crippen LogP) is 2.06. The second-order valence-corrected chi connectivity index (χ2v) is 4.62. The Hall–Kier alpha value is -2.04. The average Bonchev–Trinajstić information content (AvgIpc) is 2.26. The highest BCUT2D eigenvalue weighted by Crippen LogP contribution is 2.19. The van der Waals surface area contributed by atoms with Crippen molar-refractivity contribution in [1.82, 2.24) is 0 Å². The highest BCUT2D eigenvalue weighted by atomic mass is 16.4. The summed E-state index contributed by atoms with van der Waals surface area (Å²) in [5.74, 6) is -1.77. The molecule has 104 valence electrons. The molecule has 0 heterocycles. The molecule has 0 atom stereocenters. The van der Waals surface area contributed by atoms with Crippen molar-refractivity contribution in [2.45, 2.75) is 26.7 Å². The van der Waals surface area contributed by atoms with Crippen LogP contribution in [0.3, 0.4) is 0 Å². The first-order valence-electron chi connectivity index (χ1n) is 6.15. The number of hydrogen-bond acceptors (Lipinski definition) is 3. The van der Waals surface area contributed by atoms with E-state index in [4.69, 9.17) is 10.2 Å². The third-order valence-corrected chi connectivity index (χ3v) is 2.76. The van der Waals surface area contributed by atoms with Gasteiger partial charge in [0.2, 0.25) is 0 Å². The number of carbonyl (C=O) groups is 2. The summed E-state index contributed by atoms with van der Waals surface area (Å²) in [7, 11) is 0. The molecule has 0 saturated carbocycles. The van der Waals surface area contributed by atoms with Gasteiger partial charge in [-0.25, -0.2) is 0 Å². The molecule has 0 bridgehead atoms. The van der Waals surface area contributed by atoms with Crippen molar-refractivity contribution < 1.29 is 19.8 Å². The van der Waals surface area contributed by atoms with E-state index in [9.17, 15) is 9.59 Å². The zero-order chi connectivity index (χ0) is 14.4. The summed E-state index contributed by atoms with van der Waals surface area (Å²) in [6.07, 6.45) is -0.0147. The third kappa shape index (κ3) is 5.42. The minimum absolute atomic E-state index is 0.00733. The largest absolute Gasteiger partial charge is 0.481 e. The van der Waals surface area contributed by atoms with Crippen molar-refractivity contribution in [2.24, 2.45) is 0 Å². The first-order chi connectivity index (χ1) is 8.88. The third-order valence-electron chi connectivity index (χ3n) is 2.76. The summed E-state index contributed by atoms with van der Waals surface area (Å²) in [6, 6.07) is 5.91. The minimum Gasteiger partial charge on any atom is -0.481 e. The number of carboxylic acid groups (broad SMARTS) is 2. The van der Waals surface area contributed by atoms with Crippen LogP contribution in [0.15, 0.2) is 18.2 Å². The SMILES string of the molecule is Cc1cc(C)cc(N(CCC(=O)O)CCC(=O)O)c1. The second kappa shape index (κ2) is 6.78. The lowest BCUT2D eigenvalue weighted by molar-refractivity contribution is -0.137. The molecule has 0 amide bonds. The predicted molar refractivity (Wildman–Crippen MR) is 72.6 cm³/mol. The molecule has 0 spiro atoms. The Morgan fingerprint density at radius 3 is 1.74 bits per heavy atom. The van der Waals surface area contributed by atoms with Crippen LogP contribution >= 0.6 is 0 Å². The molecular weight excluding hydrogens is 246 g/mol. The number of benzene rings is 1. The molecule has 1 aromatic carbocycles. The van der Waals surface area contributed by atoms with Crippen LogP contribution in [0.5, 0.6) is 0 Å². The smallest absolute Gasteiger partial charge is 0.305 e. The summed E-state index contributed by atoms with van der Waals surface area (Å²) in [5.41, 5.74) is 3.02. The lowest BCUT2D eigenvalue weighted by Gasteiger charge is -2.24. The Balaban J connectivity index is 2.86. The van der Waals surface area contributed by atoms with Crippen molar-refractivity contribution in [3.05, 3.63) is 29.3 Å². The summed E-state index contributed by atoms with van der Waals surface area (Å²) >= 11 is 0. The fourth-order valence-electron chi connectivity index (χ4n) is 1.96. The molecule has 0 radical (unpaired) electrons. The average molecular weight is 265 g/mol. The molecule has 0 aromatic heterocycles. The number of carboxylic acids is 2. The van der Waals surface area contributed by atoms with Gasteiger partial charge in [0.05, 0.1) is 12.8 Å². The number of aliphatic carboxylic acids is 2. The molecule has 5 heteroatoms. The Morgan fingerprint density at radius 2 is 1.37 bits per heavy atom. The Morgan fingerprint density at radius 1 is 0.947 bits per heavy atom. The molecule has 2 N–H and O–H groups in total. The standard InChI is InChI=1S/C14H19NO4/c1-10-7-11(2)9-12(8-10)15(5-3-13(16)17)6-4-14(18)19/h7-9H,3-6H2,1-2H3,(H,16,17)(H,18,19). The first-order valence-corrected chi connectivity index (χ1v) is 6.15. The number of nitrogens with zero attached hydrogens (tertiary/aromatic N) is 1. The Kier molecular flexibility index (Phi) is 5.36. The van der Waals surface area contributed by atoms with Crippen LogP contribution in [0.4, 0.5) is 5.69 Å². The number of hydrogen-bond donors (Lipinski definition) is 2. The van der Waals surface area contributed by atoms with E-state index in [1.54, 1.807) is 0 Å². The maximum Gasteiger partial charge on any atom is 0.305 e. The number of rotatable bonds is 7. The van der Waals surface area contributed by atoms with E-state index in [2.05, 4.69) is 0 Å². The van der Waals surface area contributed by atoms with E-state index < -0.39 is 11.9 Å². The fraction of sp³-hybridized carbons (Fsp3) is 0.429. The monoisotopic (exact) mass is 265 g/mol. The zero-order valence-corrected chi connectivity index (χ0v) is 11.2. The molecule has 19 heavy (non-hydrogen) atoms. The van der Waals surface area contributed by atoms with Crippen LogP contribution in [0.25, 0.3) is 0 Å². The molecule has 0 aliphatic carbocycles. The van der Waals surface area contributed by atoms with Crippen LogP contribution in [-0.2, 0) is 9.59 Å². The van der Waals surface area contributed by atoms with E-state index in [0.29, 0.717) is 13.1 Å². The Labute approximate surface area is 112 Å². The van der Waals surface area contributed by atoms with Crippen LogP contribution in [0.1, 0.15) is 24.0 Å². The number of anilines is 1. The van der Waals surface area contributed by atoms with Crippen LogP contribution in [-0.4, -0.2) is 35.2 Å². The molecule has 0 unspecified atom stereocenters. The summed E-state index contributed by atoms with van der Waals surface area (Å²) in [6.45, 7) is 4.54. The van der Waals surface area contributed by atoms with Crippen LogP contribution in [0, 0.1) is 13.8 Å². The molecule has 0 aliphatic heterocycles. The van der Waals surface area contributed by atoms with Crippen molar-refractivity contribution in [1.29, 1.82) is 0 Å². The van der Waals surface area contributed by atoms with Gasteiger partial charge in [-0.15, -0.1) is 0 Å². The molecule has 0 saturated heterocycles. The van der Waals surface area contributed by atoms with Crippen molar-refractivity contribution >= 4 is 17.6 Å². The van der Waals surface area contributed by atoms with E-state index in [0.717, 1.165) is 16.8 Å². The molecular formula is C14H19NO4. The maximum absolute atomic E-state index is 10.7. The molecule has 5 nitrogen and oxygen atoms in total. The van der Waals surface area contributed by atoms with Gasteiger partial charge in [0.1, 0.15) is 0 Å². The summed E-state index contributed by atoms with van der Waals surface area (Å²) < 4.78 is 0. The normalized spacial score (nSPS) is 10.2. The van der Waals surface area contributed by atoms with Gasteiger partial charge >= 0.3 is 11.9 Å². The minimum atomic E-state index is -0.885. The van der Waals surface area contributed by atoms with Crippen molar-refractivity contribution in [3.63, 3.8) is 0 Å². The maximum atomic E-state index is 10.7. The number of aryl methyl sites for hydroxylation is 2.